The minimum Gasteiger partial charge on any atom is -0.378 e. The van der Waals surface area contributed by atoms with E-state index in [1.165, 1.54) is 0 Å². The molecule has 0 saturated heterocycles. The van der Waals surface area contributed by atoms with Crippen molar-refractivity contribution in [3.63, 3.8) is 0 Å². The molecule has 3 N–H and O–H groups in total. The zero-order valence-electron chi connectivity index (χ0n) is 11.2. The second-order valence-electron chi connectivity index (χ2n) is 4.38. The van der Waals surface area contributed by atoms with Crippen LogP contribution < -0.4 is 16.2 Å². The van der Waals surface area contributed by atoms with Crippen LogP contribution in [0, 0.1) is 0 Å². The molecule has 1 rings (SSSR count). The highest BCUT2D eigenvalue weighted by atomic mass is 35.5. The number of hydrogen-bond acceptors (Lipinski definition) is 3. The van der Waals surface area contributed by atoms with Gasteiger partial charge in [-0.2, -0.15) is 0 Å². The molecule has 0 aliphatic rings. The lowest BCUT2D eigenvalue weighted by Gasteiger charge is -2.17. The van der Waals surface area contributed by atoms with Gasteiger partial charge < -0.3 is 4.90 Å². The van der Waals surface area contributed by atoms with Gasteiger partial charge in [-0.25, -0.2) is 5.84 Å². The van der Waals surface area contributed by atoms with E-state index in [1.54, 1.807) is 0 Å². The second-order valence-corrected chi connectivity index (χ2v) is 4.76. The molecule has 0 radical (unpaired) electrons. The molecule has 1 aromatic rings. The highest BCUT2D eigenvalue weighted by Gasteiger charge is 2.19. The summed E-state index contributed by atoms with van der Waals surface area (Å²) in [4.78, 5) is 13.8. The predicted molar refractivity (Wildman–Crippen MR) is 83.0 cm³/mol. The lowest BCUT2D eigenvalue weighted by molar-refractivity contribution is -0.122. The van der Waals surface area contributed by atoms with Crippen LogP contribution in [0.1, 0.15) is 24.3 Å². The number of nitrogens with one attached hydrogen (secondary N) is 1. The quantitative estimate of drug-likeness (QED) is 0.367. The number of halogens is 2. The maximum atomic E-state index is 11.7. The van der Waals surface area contributed by atoms with Gasteiger partial charge >= 0.3 is 0 Å². The predicted octanol–water partition coefficient (Wildman–Crippen LogP) is 2.27. The summed E-state index contributed by atoms with van der Waals surface area (Å²) in [6.07, 6.45) is 1.49. The number of nitrogens with two attached hydrogens (primary N) is 1. The Bertz CT molecular complexity index is 382. The van der Waals surface area contributed by atoms with Crippen LogP contribution in [0.3, 0.4) is 0 Å². The first-order valence-electron chi connectivity index (χ1n) is 5.94. The summed E-state index contributed by atoms with van der Waals surface area (Å²) < 4.78 is 0. The average Bonchev–Trinajstić information content (AvgIpc) is 2.39. The Balaban J connectivity index is 0.00000324. The van der Waals surface area contributed by atoms with Gasteiger partial charge in [-0.3, -0.25) is 10.2 Å². The van der Waals surface area contributed by atoms with Gasteiger partial charge in [-0.05, 0) is 30.5 Å². The summed E-state index contributed by atoms with van der Waals surface area (Å²) in [6.45, 7) is 0. The number of rotatable bonds is 6. The second kappa shape index (κ2) is 9.02. The summed E-state index contributed by atoms with van der Waals surface area (Å²) in [5.74, 6) is 5.36. The highest BCUT2D eigenvalue weighted by molar-refractivity contribution is 6.17. The zero-order valence-corrected chi connectivity index (χ0v) is 12.8. The van der Waals surface area contributed by atoms with Crippen molar-refractivity contribution in [1.82, 2.24) is 5.43 Å². The molecule has 4 nitrogen and oxygen atoms in total. The van der Waals surface area contributed by atoms with Gasteiger partial charge in [0, 0.05) is 25.7 Å². The lowest BCUT2D eigenvalue weighted by Crippen LogP contribution is -2.34. The fourth-order valence-corrected chi connectivity index (χ4v) is 1.99. The van der Waals surface area contributed by atoms with E-state index in [0.717, 1.165) is 17.7 Å². The summed E-state index contributed by atoms with van der Waals surface area (Å²) in [5, 5.41) is 0. The van der Waals surface area contributed by atoms with Crippen molar-refractivity contribution in [3.05, 3.63) is 29.8 Å². The van der Waals surface area contributed by atoms with Crippen LogP contribution >= 0.6 is 24.0 Å². The number of carbonyl (C=O) groups is 1. The van der Waals surface area contributed by atoms with Crippen LogP contribution in [0.25, 0.3) is 0 Å². The van der Waals surface area contributed by atoms with Gasteiger partial charge in [-0.1, -0.05) is 12.1 Å². The van der Waals surface area contributed by atoms with Crippen molar-refractivity contribution in [2.45, 2.75) is 18.8 Å². The molecule has 1 aromatic carbocycles. The van der Waals surface area contributed by atoms with Crippen molar-refractivity contribution in [1.29, 1.82) is 0 Å². The standard InChI is InChI=1S/C13H20ClN3O.ClH/c1-17(2)11-7-5-10(6-8-11)12(4-3-9-14)13(18)16-15;/h5-8,12H,3-4,9,15H2,1-2H3,(H,16,18);1H. The minimum absolute atomic E-state index is 0. The Kier molecular flexibility index (Phi) is 8.56. The van der Waals surface area contributed by atoms with Crippen LogP contribution in [-0.2, 0) is 4.79 Å². The Morgan fingerprint density at radius 1 is 1.37 bits per heavy atom. The average molecular weight is 306 g/mol. The maximum absolute atomic E-state index is 11.7. The van der Waals surface area contributed by atoms with Gasteiger partial charge in [0.1, 0.15) is 0 Å². The smallest absolute Gasteiger partial charge is 0.241 e. The van der Waals surface area contributed by atoms with Gasteiger partial charge in [0.25, 0.3) is 0 Å². The number of amides is 1. The van der Waals surface area contributed by atoms with E-state index < -0.39 is 0 Å². The molecule has 0 saturated carbocycles. The largest absolute Gasteiger partial charge is 0.378 e. The van der Waals surface area contributed by atoms with E-state index in [-0.39, 0.29) is 24.2 Å². The number of alkyl halides is 1. The summed E-state index contributed by atoms with van der Waals surface area (Å²) in [7, 11) is 3.96. The molecular weight excluding hydrogens is 285 g/mol. The van der Waals surface area contributed by atoms with Gasteiger partial charge in [0.15, 0.2) is 0 Å². The van der Waals surface area contributed by atoms with Crippen LogP contribution in [-0.4, -0.2) is 25.9 Å². The topological polar surface area (TPSA) is 58.4 Å². The number of nitrogens with zero attached hydrogens (tertiary/aromatic N) is 1. The molecule has 1 amide bonds. The maximum Gasteiger partial charge on any atom is 0.241 e. The Morgan fingerprint density at radius 2 is 1.95 bits per heavy atom. The molecular formula is C13H21Cl2N3O. The monoisotopic (exact) mass is 305 g/mol. The minimum atomic E-state index is -0.232. The highest BCUT2D eigenvalue weighted by Crippen LogP contribution is 2.24. The number of hydrazine groups is 1. The fourth-order valence-electron chi connectivity index (χ4n) is 1.84. The molecule has 0 bridgehead atoms. The van der Waals surface area contributed by atoms with Gasteiger partial charge in [0.05, 0.1) is 5.92 Å². The van der Waals surface area contributed by atoms with E-state index in [0.29, 0.717) is 12.3 Å². The molecule has 6 heteroatoms. The van der Waals surface area contributed by atoms with E-state index in [4.69, 9.17) is 17.4 Å². The third-order valence-corrected chi connectivity index (χ3v) is 3.16. The first-order chi connectivity index (χ1) is 8.60. The molecule has 0 heterocycles. The van der Waals surface area contributed by atoms with Crippen LogP contribution in [0.4, 0.5) is 5.69 Å². The van der Waals surface area contributed by atoms with Crippen molar-refractivity contribution < 1.29 is 4.79 Å². The van der Waals surface area contributed by atoms with E-state index >= 15 is 0 Å². The first kappa shape index (κ1) is 18.0. The fraction of sp³-hybridized carbons (Fsp3) is 0.462. The molecule has 0 aliphatic carbocycles. The molecule has 0 aromatic heterocycles. The molecule has 0 aliphatic heterocycles. The van der Waals surface area contributed by atoms with E-state index in [1.807, 2.05) is 43.3 Å². The van der Waals surface area contributed by atoms with Crippen molar-refractivity contribution in [3.8, 4) is 0 Å². The summed E-state index contributed by atoms with van der Waals surface area (Å²) >= 11 is 5.68. The number of carbonyl (C=O) groups excluding carboxylic acids is 1. The van der Waals surface area contributed by atoms with E-state index in [2.05, 4.69) is 5.43 Å². The lowest BCUT2D eigenvalue weighted by atomic mass is 9.93. The SMILES string of the molecule is CN(C)c1ccc(C(CCCCl)C(=O)NN)cc1.Cl. The first-order valence-corrected chi connectivity index (χ1v) is 6.47. The normalized spacial score (nSPS) is 11.4. The van der Waals surface area contributed by atoms with Crippen LogP contribution in [0.2, 0.25) is 0 Å². The number of benzene rings is 1. The molecule has 1 atom stereocenters. The van der Waals surface area contributed by atoms with Crippen molar-refractivity contribution >= 4 is 35.6 Å². The van der Waals surface area contributed by atoms with Crippen LogP contribution in [0.5, 0.6) is 0 Å². The molecule has 0 fully saturated rings. The summed E-state index contributed by atoms with van der Waals surface area (Å²) in [5.41, 5.74) is 4.28. The Morgan fingerprint density at radius 3 is 2.37 bits per heavy atom. The number of anilines is 1. The molecule has 19 heavy (non-hydrogen) atoms. The van der Waals surface area contributed by atoms with Crippen molar-refractivity contribution in [2.75, 3.05) is 24.9 Å². The number of hydrogen-bond donors (Lipinski definition) is 2. The molecule has 108 valence electrons. The summed E-state index contributed by atoms with van der Waals surface area (Å²) in [6, 6.07) is 7.91. The van der Waals surface area contributed by atoms with Gasteiger partial charge in [0.2, 0.25) is 5.91 Å². The third-order valence-electron chi connectivity index (χ3n) is 2.90. The Labute approximate surface area is 125 Å². The zero-order chi connectivity index (χ0) is 13.5. The molecule has 1 unspecified atom stereocenters. The van der Waals surface area contributed by atoms with Crippen LogP contribution in [0.15, 0.2) is 24.3 Å². The van der Waals surface area contributed by atoms with E-state index in [9.17, 15) is 4.79 Å². The van der Waals surface area contributed by atoms with Crippen molar-refractivity contribution in [2.24, 2.45) is 5.84 Å². The Hall–Kier alpha value is -0.970. The molecule has 0 spiro atoms. The third kappa shape index (κ3) is 5.27. The van der Waals surface area contributed by atoms with Gasteiger partial charge in [-0.15, -0.1) is 24.0 Å².